The first-order chi connectivity index (χ1) is 5.66. The van der Waals surface area contributed by atoms with E-state index in [9.17, 15) is 14.9 Å². The average Bonchev–Trinajstić information content (AvgIpc) is 2.38. The van der Waals surface area contributed by atoms with Gasteiger partial charge in [-0.3, -0.25) is 14.9 Å². The molecule has 0 aliphatic carbocycles. The number of nitrogens with zero attached hydrogens (tertiary/aromatic N) is 1. The van der Waals surface area contributed by atoms with E-state index in [0.717, 1.165) is 0 Å². The molecule has 0 amide bonds. The third-order valence-electron chi connectivity index (χ3n) is 2.13. The Morgan fingerprint density at radius 1 is 1.83 bits per heavy atom. The Hall–Kier alpha value is -1.13. The first-order valence-corrected chi connectivity index (χ1v) is 3.97. The van der Waals surface area contributed by atoms with E-state index in [4.69, 9.17) is 0 Å². The van der Waals surface area contributed by atoms with Gasteiger partial charge in [0, 0.05) is 17.8 Å². The third-order valence-corrected chi connectivity index (χ3v) is 2.13. The fourth-order valence-corrected chi connectivity index (χ4v) is 1.44. The van der Waals surface area contributed by atoms with Crippen LogP contribution in [0.25, 0.3) is 0 Å². The lowest BCUT2D eigenvalue weighted by Crippen LogP contribution is -2.31. The smallest absolute Gasteiger partial charge is 0.316 e. The fourth-order valence-electron chi connectivity index (χ4n) is 1.44. The monoisotopic (exact) mass is 173 g/mol. The minimum Gasteiger partial charge on any atom is -0.465 e. The van der Waals surface area contributed by atoms with E-state index in [-0.39, 0.29) is 0 Å². The van der Waals surface area contributed by atoms with Crippen LogP contribution in [-0.4, -0.2) is 23.5 Å². The molecule has 0 radical (unpaired) electrons. The molecule has 1 heterocycles. The van der Waals surface area contributed by atoms with Gasteiger partial charge >= 0.3 is 5.97 Å². The Balaban J connectivity index is 2.65. The lowest BCUT2D eigenvalue weighted by molar-refractivity contribution is -0.529. The lowest BCUT2D eigenvalue weighted by atomic mass is 9.97. The van der Waals surface area contributed by atoms with E-state index in [1.807, 2.05) is 0 Å². The summed E-state index contributed by atoms with van der Waals surface area (Å²) in [6.45, 7) is 2.03. The summed E-state index contributed by atoms with van der Waals surface area (Å²) >= 11 is 0. The summed E-state index contributed by atoms with van der Waals surface area (Å²) in [7, 11) is 0. The summed E-state index contributed by atoms with van der Waals surface area (Å²) in [6, 6.07) is -0.764. The number of cyclic esters (lactones) is 1. The van der Waals surface area contributed by atoms with E-state index in [1.54, 1.807) is 6.92 Å². The molecule has 2 atom stereocenters. The zero-order valence-electron chi connectivity index (χ0n) is 6.86. The highest BCUT2D eigenvalue weighted by atomic mass is 16.6. The number of esters is 1. The van der Waals surface area contributed by atoms with Crippen molar-refractivity contribution in [2.75, 3.05) is 6.61 Å². The molecule has 0 saturated carbocycles. The van der Waals surface area contributed by atoms with Crippen molar-refractivity contribution in [3.8, 4) is 0 Å². The van der Waals surface area contributed by atoms with Gasteiger partial charge in [-0.15, -0.1) is 0 Å². The van der Waals surface area contributed by atoms with E-state index in [1.165, 1.54) is 0 Å². The summed E-state index contributed by atoms with van der Waals surface area (Å²) < 4.78 is 4.66. The maximum absolute atomic E-state index is 11.0. The lowest BCUT2D eigenvalue weighted by Gasteiger charge is -2.09. The predicted octanol–water partition coefficient (Wildman–Crippen LogP) is 0.605. The zero-order valence-corrected chi connectivity index (χ0v) is 6.86. The van der Waals surface area contributed by atoms with Crippen molar-refractivity contribution < 1.29 is 14.5 Å². The Bertz CT molecular complexity index is 204. The molecule has 1 aliphatic heterocycles. The maximum atomic E-state index is 11.0. The molecule has 12 heavy (non-hydrogen) atoms. The second kappa shape index (κ2) is 3.51. The quantitative estimate of drug-likeness (QED) is 0.356. The van der Waals surface area contributed by atoms with Crippen LogP contribution in [0, 0.1) is 16.0 Å². The summed E-state index contributed by atoms with van der Waals surface area (Å²) in [6.07, 6.45) is 0.866. The normalized spacial score (nSPS) is 25.1. The van der Waals surface area contributed by atoms with Gasteiger partial charge in [0.15, 0.2) is 0 Å². The SMILES string of the molecule is CC[C@@H]([C@H]1CCOC1=O)[N+](=O)[O-]. The van der Waals surface area contributed by atoms with E-state index in [0.29, 0.717) is 19.4 Å². The molecule has 0 bridgehead atoms. The van der Waals surface area contributed by atoms with Crippen molar-refractivity contribution in [1.29, 1.82) is 0 Å². The summed E-state index contributed by atoms with van der Waals surface area (Å²) in [5, 5.41) is 10.5. The van der Waals surface area contributed by atoms with Gasteiger partial charge in [-0.05, 0) is 0 Å². The molecule has 68 valence electrons. The van der Waals surface area contributed by atoms with Crippen LogP contribution in [0.1, 0.15) is 19.8 Å². The number of hydrogen-bond acceptors (Lipinski definition) is 4. The topological polar surface area (TPSA) is 69.4 Å². The second-order valence-electron chi connectivity index (χ2n) is 2.82. The van der Waals surface area contributed by atoms with Crippen LogP contribution < -0.4 is 0 Å². The molecular weight excluding hydrogens is 162 g/mol. The molecule has 1 aliphatic rings. The maximum Gasteiger partial charge on any atom is 0.316 e. The van der Waals surface area contributed by atoms with Crippen molar-refractivity contribution in [1.82, 2.24) is 0 Å². The van der Waals surface area contributed by atoms with Crippen LogP contribution in [0.2, 0.25) is 0 Å². The van der Waals surface area contributed by atoms with E-state index in [2.05, 4.69) is 4.74 Å². The van der Waals surface area contributed by atoms with Gasteiger partial charge in [0.1, 0.15) is 5.92 Å². The average molecular weight is 173 g/mol. The van der Waals surface area contributed by atoms with E-state index < -0.39 is 22.9 Å². The third kappa shape index (κ3) is 1.54. The first-order valence-electron chi connectivity index (χ1n) is 3.97. The summed E-state index contributed by atoms with van der Waals surface area (Å²) in [5.41, 5.74) is 0. The van der Waals surface area contributed by atoms with Crippen LogP contribution in [-0.2, 0) is 9.53 Å². The van der Waals surface area contributed by atoms with Gasteiger partial charge in [0.25, 0.3) is 0 Å². The number of nitro groups is 1. The number of hydrogen-bond donors (Lipinski definition) is 0. The molecule has 5 nitrogen and oxygen atoms in total. The molecule has 0 aromatic heterocycles. The van der Waals surface area contributed by atoms with Crippen molar-refractivity contribution >= 4 is 5.97 Å². The molecule has 0 aromatic carbocycles. The number of ether oxygens (including phenoxy) is 1. The van der Waals surface area contributed by atoms with Crippen LogP contribution in [0.5, 0.6) is 0 Å². The Morgan fingerprint density at radius 3 is 2.83 bits per heavy atom. The predicted molar refractivity (Wildman–Crippen MR) is 40.1 cm³/mol. The fraction of sp³-hybridized carbons (Fsp3) is 0.857. The summed E-state index contributed by atoms with van der Waals surface area (Å²) in [4.78, 5) is 21.0. The van der Waals surface area contributed by atoms with Crippen LogP contribution in [0.4, 0.5) is 0 Å². The van der Waals surface area contributed by atoms with Gasteiger partial charge in [-0.25, -0.2) is 0 Å². The molecule has 0 N–H and O–H groups in total. The highest BCUT2D eigenvalue weighted by Crippen LogP contribution is 2.22. The molecule has 1 fully saturated rings. The molecule has 5 heteroatoms. The standard InChI is InChI=1S/C7H11NO4/c1-2-6(8(10)11)5-3-4-12-7(5)9/h5-6H,2-4H2,1H3/t5-,6+/m1/s1. The summed E-state index contributed by atoms with van der Waals surface area (Å²) in [5.74, 6) is -0.941. The Labute approximate surface area is 69.9 Å². The van der Waals surface area contributed by atoms with Gasteiger partial charge in [-0.2, -0.15) is 0 Å². The molecule has 0 spiro atoms. The van der Waals surface area contributed by atoms with Crippen LogP contribution in [0.15, 0.2) is 0 Å². The second-order valence-corrected chi connectivity index (χ2v) is 2.82. The van der Waals surface area contributed by atoms with Gasteiger partial charge in [0.05, 0.1) is 6.61 Å². The molecule has 0 unspecified atom stereocenters. The molecule has 1 rings (SSSR count). The van der Waals surface area contributed by atoms with E-state index >= 15 is 0 Å². The van der Waals surface area contributed by atoms with Crippen molar-refractivity contribution in [3.05, 3.63) is 10.1 Å². The van der Waals surface area contributed by atoms with Crippen molar-refractivity contribution in [2.24, 2.45) is 5.92 Å². The zero-order chi connectivity index (χ0) is 9.14. The van der Waals surface area contributed by atoms with Crippen LogP contribution >= 0.6 is 0 Å². The number of rotatable bonds is 3. The number of carbonyl (C=O) groups excluding carboxylic acids is 1. The van der Waals surface area contributed by atoms with Crippen LogP contribution in [0.3, 0.4) is 0 Å². The molecule has 0 aromatic rings. The Kier molecular flexibility index (Phi) is 2.62. The largest absolute Gasteiger partial charge is 0.465 e. The minimum atomic E-state index is -0.764. The molecular formula is C7H11NO4. The van der Waals surface area contributed by atoms with Gasteiger partial charge < -0.3 is 4.74 Å². The van der Waals surface area contributed by atoms with Crippen molar-refractivity contribution in [2.45, 2.75) is 25.8 Å². The highest BCUT2D eigenvalue weighted by molar-refractivity contribution is 5.74. The number of carbonyl (C=O) groups is 1. The first kappa shape index (κ1) is 8.96. The van der Waals surface area contributed by atoms with Crippen molar-refractivity contribution in [3.63, 3.8) is 0 Å². The minimum absolute atomic E-state index is 0.327. The molecule has 1 saturated heterocycles. The highest BCUT2D eigenvalue weighted by Gasteiger charge is 2.40. The van der Waals surface area contributed by atoms with Gasteiger partial charge in [0.2, 0.25) is 6.04 Å². The Morgan fingerprint density at radius 2 is 2.50 bits per heavy atom. The van der Waals surface area contributed by atoms with Gasteiger partial charge in [-0.1, -0.05) is 6.92 Å².